The molecule has 1 aromatic heterocycles. The van der Waals surface area contributed by atoms with Crippen LogP contribution in [0.15, 0.2) is 29.4 Å². The van der Waals surface area contributed by atoms with Gasteiger partial charge in [0.15, 0.2) is 22.5 Å². The van der Waals surface area contributed by atoms with Crippen molar-refractivity contribution in [3.05, 3.63) is 35.9 Å². The van der Waals surface area contributed by atoms with Gasteiger partial charge in [-0.25, -0.2) is 4.39 Å². The highest BCUT2D eigenvalue weighted by Crippen LogP contribution is 2.52. The Hall–Kier alpha value is -2.07. The lowest BCUT2D eigenvalue weighted by Gasteiger charge is -2.30. The summed E-state index contributed by atoms with van der Waals surface area (Å²) in [5.41, 5.74) is 0. The molecule has 7 heteroatoms. The lowest BCUT2D eigenvalue weighted by Crippen LogP contribution is -2.24. The molecule has 2 fully saturated rings. The van der Waals surface area contributed by atoms with Crippen LogP contribution in [0.3, 0.4) is 0 Å². The lowest BCUT2D eigenvalue weighted by molar-refractivity contribution is 0.215. The van der Waals surface area contributed by atoms with Gasteiger partial charge in [-0.1, -0.05) is 30.3 Å². The van der Waals surface area contributed by atoms with E-state index in [1.807, 2.05) is 0 Å². The minimum atomic E-state index is -0.377. The topological polar surface area (TPSA) is 63.7 Å². The van der Waals surface area contributed by atoms with Gasteiger partial charge in [-0.15, -0.1) is 10.2 Å². The Balaban J connectivity index is 1.55. The van der Waals surface area contributed by atoms with Gasteiger partial charge in [0, 0.05) is 18.2 Å². The van der Waals surface area contributed by atoms with E-state index in [2.05, 4.69) is 27.8 Å². The van der Waals surface area contributed by atoms with Gasteiger partial charge in [0.25, 0.3) is 0 Å². The summed E-state index contributed by atoms with van der Waals surface area (Å²) in [5.74, 6) is 3.52. The Bertz CT molecular complexity index is 864. The van der Waals surface area contributed by atoms with Crippen LogP contribution in [0.5, 0.6) is 5.75 Å². The Morgan fingerprint density at radius 2 is 2.18 bits per heavy atom. The smallest absolute Gasteiger partial charge is 0.191 e. The third-order valence-corrected chi connectivity index (χ3v) is 7.14. The highest BCUT2D eigenvalue weighted by molar-refractivity contribution is 7.99. The first kappa shape index (κ1) is 19.3. The van der Waals surface area contributed by atoms with Crippen molar-refractivity contribution < 1.29 is 9.13 Å². The maximum atomic E-state index is 13.9. The molecule has 2 aliphatic carbocycles. The van der Waals surface area contributed by atoms with Crippen molar-refractivity contribution in [1.29, 1.82) is 5.26 Å². The van der Waals surface area contributed by atoms with Gasteiger partial charge in [-0.05, 0) is 56.1 Å². The molecule has 0 N–H and O–H groups in total. The number of ether oxygens (including phenoxy) is 1. The van der Waals surface area contributed by atoms with Crippen LogP contribution in [-0.2, 0) is 6.61 Å². The first-order chi connectivity index (χ1) is 13.7. The molecule has 0 unspecified atom stereocenters. The van der Waals surface area contributed by atoms with Crippen molar-refractivity contribution in [2.24, 2.45) is 17.8 Å². The zero-order chi connectivity index (χ0) is 19.5. The summed E-state index contributed by atoms with van der Waals surface area (Å²) in [6.07, 6.45) is 5.76. The predicted molar refractivity (Wildman–Crippen MR) is 105 cm³/mol. The zero-order valence-corrected chi connectivity index (χ0v) is 16.9. The molecule has 2 bridgehead atoms. The molecule has 2 saturated carbocycles. The predicted octanol–water partition coefficient (Wildman–Crippen LogP) is 5.00. The molecule has 4 atom stereocenters. The van der Waals surface area contributed by atoms with E-state index < -0.39 is 0 Å². The molecule has 0 amide bonds. The molecule has 4 rings (SSSR count). The van der Waals surface area contributed by atoms with Crippen molar-refractivity contribution >= 4 is 11.8 Å². The summed E-state index contributed by atoms with van der Waals surface area (Å²) in [6, 6.07) is 8.86. The van der Waals surface area contributed by atoms with Gasteiger partial charge in [0.2, 0.25) is 0 Å². The Kier molecular flexibility index (Phi) is 5.86. The number of thioether (sulfide) groups is 1. The van der Waals surface area contributed by atoms with Crippen molar-refractivity contribution in [1.82, 2.24) is 14.8 Å². The fraction of sp³-hybridized carbons (Fsp3) is 0.571. The van der Waals surface area contributed by atoms with Crippen molar-refractivity contribution in [3.63, 3.8) is 0 Å². The molecule has 0 saturated heterocycles. The monoisotopic (exact) mass is 400 g/mol. The fourth-order valence-corrected chi connectivity index (χ4v) is 5.77. The van der Waals surface area contributed by atoms with Crippen molar-refractivity contribution in [3.8, 4) is 11.8 Å². The molecular weight excluding hydrogens is 375 g/mol. The highest BCUT2D eigenvalue weighted by atomic mass is 32.2. The number of hydrogen-bond acceptors (Lipinski definition) is 5. The summed E-state index contributed by atoms with van der Waals surface area (Å²) in [6.45, 7) is 2.42. The number of rotatable bonds is 8. The number of nitrogens with zero attached hydrogens (tertiary/aromatic N) is 4. The average molecular weight is 401 g/mol. The summed E-state index contributed by atoms with van der Waals surface area (Å²) >= 11 is 1.56. The number of aromatic nitrogens is 3. The van der Waals surface area contributed by atoms with Crippen LogP contribution in [0.25, 0.3) is 0 Å². The third kappa shape index (κ3) is 3.88. The van der Waals surface area contributed by atoms with E-state index in [1.165, 1.54) is 31.7 Å². The molecule has 0 radical (unpaired) electrons. The van der Waals surface area contributed by atoms with Crippen LogP contribution in [0, 0.1) is 34.9 Å². The van der Waals surface area contributed by atoms with Crippen LogP contribution in [0.1, 0.15) is 50.9 Å². The molecule has 5 nitrogen and oxygen atoms in total. The maximum absolute atomic E-state index is 13.9. The van der Waals surface area contributed by atoms with Gasteiger partial charge in [0.05, 0.1) is 6.07 Å². The van der Waals surface area contributed by atoms with Crippen LogP contribution >= 0.6 is 11.8 Å². The molecule has 2 aliphatic rings. The highest BCUT2D eigenvalue weighted by Gasteiger charge is 2.43. The van der Waals surface area contributed by atoms with Gasteiger partial charge in [0.1, 0.15) is 6.61 Å². The van der Waals surface area contributed by atoms with E-state index in [9.17, 15) is 4.39 Å². The quantitative estimate of drug-likeness (QED) is 0.461. The Labute approximate surface area is 169 Å². The first-order valence-corrected chi connectivity index (χ1v) is 11.0. The molecule has 0 spiro atoms. The third-order valence-electron chi connectivity index (χ3n) is 6.19. The normalized spacial score (nSPS) is 24.2. The summed E-state index contributed by atoms with van der Waals surface area (Å²) < 4.78 is 21.8. The maximum Gasteiger partial charge on any atom is 0.191 e. The van der Waals surface area contributed by atoms with E-state index in [0.29, 0.717) is 18.1 Å². The Morgan fingerprint density at radius 1 is 1.32 bits per heavy atom. The standard InChI is InChI=1S/C21H25FN4OS/c1-14(17-12-15-7-8-16(17)11-15)26-20(24-25-21(26)28-10-4-9-23)13-27-19-6-3-2-5-18(19)22/h2-3,5-6,14-17H,4,7-8,10-13H2,1H3/t14-,15+,16+,17-/m1/s1. The molecule has 0 aliphatic heterocycles. The van der Waals surface area contributed by atoms with Gasteiger partial charge >= 0.3 is 0 Å². The largest absolute Gasteiger partial charge is 0.483 e. The second-order valence-electron chi connectivity index (χ2n) is 7.82. The average Bonchev–Trinajstić information content (AvgIpc) is 3.43. The minimum absolute atomic E-state index is 0.178. The summed E-state index contributed by atoms with van der Waals surface area (Å²) in [5, 5.41) is 18.4. The summed E-state index contributed by atoms with van der Waals surface area (Å²) in [7, 11) is 0. The summed E-state index contributed by atoms with van der Waals surface area (Å²) in [4.78, 5) is 0. The Morgan fingerprint density at radius 3 is 2.89 bits per heavy atom. The van der Waals surface area contributed by atoms with Crippen molar-refractivity contribution in [2.45, 2.75) is 56.8 Å². The van der Waals surface area contributed by atoms with Crippen LogP contribution in [-0.4, -0.2) is 20.5 Å². The molecule has 148 valence electrons. The zero-order valence-electron chi connectivity index (χ0n) is 16.1. The van der Waals surface area contributed by atoms with Gasteiger partial charge < -0.3 is 4.74 Å². The fourth-order valence-electron chi connectivity index (χ4n) is 4.88. The number of fused-ring (bicyclic) bond motifs is 2. The number of para-hydroxylation sites is 1. The van der Waals surface area contributed by atoms with E-state index in [-0.39, 0.29) is 24.2 Å². The molecule has 28 heavy (non-hydrogen) atoms. The van der Waals surface area contributed by atoms with Crippen molar-refractivity contribution in [2.75, 3.05) is 5.75 Å². The molecular formula is C21H25FN4OS. The van der Waals surface area contributed by atoms with Crippen LogP contribution in [0.4, 0.5) is 4.39 Å². The van der Waals surface area contributed by atoms with E-state index >= 15 is 0 Å². The second-order valence-corrected chi connectivity index (χ2v) is 8.89. The van der Waals surface area contributed by atoms with Gasteiger partial charge in [-0.3, -0.25) is 4.57 Å². The van der Waals surface area contributed by atoms with Gasteiger partial charge in [-0.2, -0.15) is 5.26 Å². The van der Waals surface area contributed by atoms with Crippen LogP contribution in [0.2, 0.25) is 0 Å². The number of hydrogen-bond donors (Lipinski definition) is 0. The number of benzene rings is 1. The molecule has 2 aromatic rings. The van der Waals surface area contributed by atoms with E-state index in [1.54, 1.807) is 30.0 Å². The first-order valence-electron chi connectivity index (χ1n) is 9.98. The second kappa shape index (κ2) is 8.52. The number of halogens is 1. The lowest BCUT2D eigenvalue weighted by atomic mass is 9.84. The minimum Gasteiger partial charge on any atom is -0.483 e. The SMILES string of the molecule is C[C@H]([C@H]1C[C@H]2CC[C@H]1C2)n1c(COc2ccccc2F)nnc1SCCC#N. The van der Waals surface area contributed by atoms with E-state index in [4.69, 9.17) is 10.00 Å². The number of nitriles is 1. The van der Waals surface area contributed by atoms with E-state index in [0.717, 1.165) is 22.8 Å². The molecule has 1 heterocycles. The molecule has 1 aromatic carbocycles. The van der Waals surface area contributed by atoms with Crippen LogP contribution < -0.4 is 4.74 Å².